The molecule has 0 aromatic heterocycles. The third-order valence-corrected chi connectivity index (χ3v) is 5.01. The summed E-state index contributed by atoms with van der Waals surface area (Å²) in [5.41, 5.74) is -0.0877. The Morgan fingerprint density at radius 2 is 1.76 bits per heavy atom. The molecule has 4 rings (SSSR count). The Balaban J connectivity index is 0.00000161. The number of ketones is 1. The molecule has 0 atom stereocenters. The molecular weight excluding hydrogens is 290 g/mol. The summed E-state index contributed by atoms with van der Waals surface area (Å²) in [6, 6.07) is 10.1. The zero-order chi connectivity index (χ0) is 14.2. The van der Waals surface area contributed by atoms with E-state index in [9.17, 15) is 14.7 Å². The maximum Gasteiger partial charge on any atom is 0.317 e. The van der Waals surface area contributed by atoms with Gasteiger partial charge in [0.25, 0.3) is 0 Å². The molecule has 0 heterocycles. The van der Waals surface area contributed by atoms with Gasteiger partial charge in [0.1, 0.15) is 5.41 Å². The molecule has 21 heavy (non-hydrogen) atoms. The van der Waals surface area contributed by atoms with E-state index in [1.807, 2.05) is 18.2 Å². The summed E-state index contributed by atoms with van der Waals surface area (Å²) in [6.45, 7) is 0.730. The second-order valence-electron chi connectivity index (χ2n) is 6.11. The zero-order valence-corrected chi connectivity index (χ0v) is 12.6. The van der Waals surface area contributed by atoms with E-state index >= 15 is 0 Å². The predicted molar refractivity (Wildman–Crippen MR) is 81.4 cm³/mol. The Hall–Kier alpha value is -1.39. The van der Waals surface area contributed by atoms with Crippen LogP contribution in [0.15, 0.2) is 30.3 Å². The van der Waals surface area contributed by atoms with Gasteiger partial charge < -0.3 is 10.4 Å². The van der Waals surface area contributed by atoms with E-state index in [2.05, 4.69) is 17.4 Å². The van der Waals surface area contributed by atoms with Crippen molar-refractivity contribution in [3.63, 3.8) is 0 Å². The molecule has 114 valence electrons. The largest absolute Gasteiger partial charge is 0.480 e. The highest BCUT2D eigenvalue weighted by atomic mass is 35.5. The van der Waals surface area contributed by atoms with Crippen molar-refractivity contribution in [2.45, 2.75) is 44.2 Å². The smallest absolute Gasteiger partial charge is 0.317 e. The van der Waals surface area contributed by atoms with Crippen molar-refractivity contribution in [3.05, 3.63) is 35.9 Å². The van der Waals surface area contributed by atoms with E-state index in [1.54, 1.807) is 0 Å². The molecule has 5 heteroatoms. The number of hydrogen-bond donors (Lipinski definition) is 2. The van der Waals surface area contributed by atoms with Crippen molar-refractivity contribution in [1.82, 2.24) is 5.32 Å². The summed E-state index contributed by atoms with van der Waals surface area (Å²) in [5.74, 6) is -1.03. The number of rotatable bonds is 4. The number of hydrogen-bond acceptors (Lipinski definition) is 3. The minimum Gasteiger partial charge on any atom is -0.480 e. The lowest BCUT2D eigenvalue weighted by Gasteiger charge is -2.50. The summed E-state index contributed by atoms with van der Waals surface area (Å²) < 4.78 is 0. The molecule has 3 fully saturated rings. The van der Waals surface area contributed by atoms with Crippen LogP contribution < -0.4 is 5.32 Å². The summed E-state index contributed by atoms with van der Waals surface area (Å²) in [5, 5.41) is 12.8. The number of carboxylic acids is 1. The van der Waals surface area contributed by atoms with Crippen molar-refractivity contribution in [1.29, 1.82) is 0 Å². The van der Waals surface area contributed by atoms with E-state index in [-0.39, 0.29) is 23.7 Å². The Labute approximate surface area is 130 Å². The van der Waals surface area contributed by atoms with Crippen molar-refractivity contribution >= 4 is 24.2 Å². The van der Waals surface area contributed by atoms with Gasteiger partial charge in [-0.15, -0.1) is 12.4 Å². The van der Waals surface area contributed by atoms with E-state index in [4.69, 9.17) is 0 Å². The van der Waals surface area contributed by atoms with E-state index in [1.165, 1.54) is 5.56 Å². The summed E-state index contributed by atoms with van der Waals surface area (Å²) in [6.07, 6.45) is 2.85. The van der Waals surface area contributed by atoms with Crippen molar-refractivity contribution in [2.75, 3.05) is 0 Å². The van der Waals surface area contributed by atoms with E-state index in [0.29, 0.717) is 19.3 Å². The normalized spacial score (nSPS) is 30.8. The van der Waals surface area contributed by atoms with Crippen molar-refractivity contribution < 1.29 is 14.7 Å². The fraction of sp³-hybridized carbons (Fsp3) is 0.500. The number of nitrogens with one attached hydrogen (secondary N) is 1. The van der Waals surface area contributed by atoms with Gasteiger partial charge in [-0.2, -0.15) is 0 Å². The Bertz CT molecular complexity index is 536. The topological polar surface area (TPSA) is 66.4 Å². The Morgan fingerprint density at radius 1 is 1.14 bits per heavy atom. The molecular formula is C16H20ClNO3. The van der Waals surface area contributed by atoms with Gasteiger partial charge in [0.2, 0.25) is 0 Å². The van der Waals surface area contributed by atoms with Crippen LogP contribution in [0.4, 0.5) is 0 Å². The molecule has 1 aromatic carbocycles. The van der Waals surface area contributed by atoms with Crippen LogP contribution in [0.1, 0.15) is 37.7 Å². The van der Waals surface area contributed by atoms with E-state index in [0.717, 1.165) is 19.4 Å². The number of carbonyl (C=O) groups is 2. The Kier molecular flexibility index (Phi) is 4.40. The van der Waals surface area contributed by atoms with Gasteiger partial charge in [-0.05, 0) is 31.2 Å². The van der Waals surface area contributed by atoms with Crippen LogP contribution in [0.5, 0.6) is 0 Å². The number of aliphatic carboxylic acids is 1. The lowest BCUT2D eigenvalue weighted by atomic mass is 9.56. The van der Waals surface area contributed by atoms with Gasteiger partial charge >= 0.3 is 5.97 Å². The van der Waals surface area contributed by atoms with Gasteiger partial charge in [0, 0.05) is 18.5 Å². The molecule has 2 bridgehead atoms. The van der Waals surface area contributed by atoms with Crippen LogP contribution in [0.25, 0.3) is 0 Å². The second kappa shape index (κ2) is 5.78. The first-order valence-electron chi connectivity index (χ1n) is 7.12. The quantitative estimate of drug-likeness (QED) is 0.839. The highest BCUT2D eigenvalue weighted by Gasteiger charge is 2.58. The van der Waals surface area contributed by atoms with Gasteiger partial charge in [-0.25, -0.2) is 0 Å². The average molecular weight is 310 g/mol. The number of fused-ring (bicyclic) bond motifs is 3. The summed E-state index contributed by atoms with van der Waals surface area (Å²) in [4.78, 5) is 23.6. The minimum absolute atomic E-state index is 0. The molecule has 0 radical (unpaired) electrons. The predicted octanol–water partition coefficient (Wildman–Crippen LogP) is 2.55. The molecule has 2 N–H and O–H groups in total. The molecule has 1 aromatic rings. The third kappa shape index (κ3) is 2.70. The number of benzene rings is 1. The second-order valence-corrected chi connectivity index (χ2v) is 6.11. The first kappa shape index (κ1) is 16.0. The molecule has 4 nitrogen and oxygen atoms in total. The maximum absolute atomic E-state index is 12.2. The number of carboxylic acid groups (broad SMARTS) is 1. The standard InChI is InChI=1S/C16H19NO3.ClH/c18-13-10-15(17-11-12-4-2-1-3-5-12)6-8-16(13,9-7-15)14(19)20;/h1-5,17H,6-11H2,(H,19,20);1H. The third-order valence-electron chi connectivity index (χ3n) is 5.01. The first-order valence-corrected chi connectivity index (χ1v) is 7.12. The number of carbonyl (C=O) groups excluding carboxylic acids is 1. The number of halogens is 1. The van der Waals surface area contributed by atoms with Gasteiger partial charge in [0.15, 0.2) is 5.78 Å². The van der Waals surface area contributed by atoms with Crippen molar-refractivity contribution in [2.24, 2.45) is 5.41 Å². The fourth-order valence-corrected chi connectivity index (χ4v) is 3.55. The van der Waals surface area contributed by atoms with Gasteiger partial charge in [-0.1, -0.05) is 30.3 Å². The Morgan fingerprint density at radius 3 is 2.29 bits per heavy atom. The van der Waals surface area contributed by atoms with Crippen LogP contribution in [-0.4, -0.2) is 22.4 Å². The molecule has 0 spiro atoms. The van der Waals surface area contributed by atoms with Gasteiger partial charge in [0.05, 0.1) is 0 Å². The first-order chi connectivity index (χ1) is 9.56. The average Bonchev–Trinajstić information content (AvgIpc) is 2.47. The lowest BCUT2D eigenvalue weighted by molar-refractivity contribution is -0.164. The van der Waals surface area contributed by atoms with Crippen LogP contribution in [-0.2, 0) is 16.1 Å². The molecule has 0 aliphatic heterocycles. The lowest BCUT2D eigenvalue weighted by Crippen LogP contribution is -2.61. The van der Waals surface area contributed by atoms with Crippen LogP contribution in [0.2, 0.25) is 0 Å². The summed E-state index contributed by atoms with van der Waals surface area (Å²) in [7, 11) is 0. The van der Waals surface area contributed by atoms with E-state index < -0.39 is 11.4 Å². The SMILES string of the molecule is Cl.O=C(O)C12CCC(NCc3ccccc3)(CC1)CC2=O. The van der Waals surface area contributed by atoms with Gasteiger partial charge in [-0.3, -0.25) is 9.59 Å². The summed E-state index contributed by atoms with van der Waals surface area (Å²) >= 11 is 0. The maximum atomic E-state index is 12.2. The van der Waals surface area contributed by atoms with Crippen molar-refractivity contribution in [3.8, 4) is 0 Å². The zero-order valence-electron chi connectivity index (χ0n) is 11.8. The highest BCUT2D eigenvalue weighted by molar-refractivity contribution is 6.04. The molecule has 0 amide bonds. The van der Waals surface area contributed by atoms with Crippen LogP contribution in [0, 0.1) is 5.41 Å². The molecule has 0 saturated heterocycles. The fourth-order valence-electron chi connectivity index (χ4n) is 3.55. The highest BCUT2D eigenvalue weighted by Crippen LogP contribution is 2.50. The van der Waals surface area contributed by atoms with Crippen LogP contribution in [0.3, 0.4) is 0 Å². The minimum atomic E-state index is -1.09. The monoisotopic (exact) mass is 309 g/mol. The molecule has 0 unspecified atom stereocenters. The molecule has 3 aliphatic rings. The molecule has 3 saturated carbocycles. The number of Topliss-reactive ketones (excluding diaryl/α,β-unsaturated/α-hetero) is 1. The molecule has 3 aliphatic carbocycles. The van der Waals surface area contributed by atoms with Crippen LogP contribution >= 0.6 is 12.4 Å².